The van der Waals surface area contributed by atoms with E-state index in [2.05, 4.69) is 20.8 Å². The van der Waals surface area contributed by atoms with Crippen molar-refractivity contribution in [3.8, 4) is 6.07 Å². The number of allylic oxidation sites excluding steroid dienone is 1. The second kappa shape index (κ2) is 4.06. The van der Waals surface area contributed by atoms with Crippen LogP contribution in [0.4, 0.5) is 0 Å². The van der Waals surface area contributed by atoms with E-state index in [1.165, 1.54) is 0 Å². The fraction of sp³-hybridized carbons (Fsp3) is 0.667. The lowest BCUT2D eigenvalue weighted by Crippen LogP contribution is -2.26. The molecule has 0 radical (unpaired) electrons. The lowest BCUT2D eigenvalue weighted by molar-refractivity contribution is -0.114. The fourth-order valence-electron chi connectivity index (χ4n) is 2.66. The molecule has 1 fully saturated rings. The van der Waals surface area contributed by atoms with Crippen molar-refractivity contribution in [2.75, 3.05) is 0 Å². The monoisotopic (exact) mass is 206 g/mol. The quantitative estimate of drug-likeness (QED) is 0.527. The summed E-state index contributed by atoms with van der Waals surface area (Å²) in [5, 5.41) is 8.90. The van der Waals surface area contributed by atoms with Crippen LogP contribution in [-0.4, -0.2) is 5.91 Å². The van der Waals surface area contributed by atoms with Crippen molar-refractivity contribution < 1.29 is 4.79 Å². The highest BCUT2D eigenvalue weighted by atomic mass is 16.1. The van der Waals surface area contributed by atoms with E-state index in [-0.39, 0.29) is 11.0 Å². The Kier molecular flexibility index (Phi) is 3.18. The zero-order chi connectivity index (χ0) is 11.6. The summed E-state index contributed by atoms with van der Waals surface area (Å²) in [6, 6.07) is 1.93. The number of carbonyl (C=O) groups is 1. The molecule has 0 unspecified atom stereocenters. The molecule has 2 N–H and O–H groups in total. The molecular formula is C12H18N2O. The standard InChI is InChI=1S/C12H18N2O/c1-8-4-9(6-12(2,3)5-8)10(7-13)11(14)15/h8H,4-6H2,1-3H3,(H2,14,15)/b10-9+/t8-/m0/s1. The van der Waals surface area contributed by atoms with E-state index in [0.717, 1.165) is 24.8 Å². The summed E-state index contributed by atoms with van der Waals surface area (Å²) in [4.78, 5) is 11.1. The van der Waals surface area contributed by atoms with Gasteiger partial charge in [-0.15, -0.1) is 0 Å². The molecule has 0 aromatic heterocycles. The Morgan fingerprint density at radius 1 is 1.60 bits per heavy atom. The van der Waals surface area contributed by atoms with Gasteiger partial charge >= 0.3 is 0 Å². The molecule has 1 rings (SSSR count). The number of rotatable bonds is 1. The van der Waals surface area contributed by atoms with Crippen molar-refractivity contribution in [2.24, 2.45) is 17.1 Å². The molecule has 82 valence electrons. The average molecular weight is 206 g/mol. The third kappa shape index (κ3) is 2.82. The predicted molar refractivity (Wildman–Crippen MR) is 58.6 cm³/mol. The molecule has 15 heavy (non-hydrogen) atoms. The van der Waals surface area contributed by atoms with Crippen molar-refractivity contribution in [1.82, 2.24) is 0 Å². The second-order valence-corrected chi connectivity index (χ2v) is 5.31. The molecule has 0 aromatic rings. The minimum atomic E-state index is -0.586. The van der Waals surface area contributed by atoms with Gasteiger partial charge in [0, 0.05) is 0 Å². The summed E-state index contributed by atoms with van der Waals surface area (Å²) < 4.78 is 0. The zero-order valence-electron chi connectivity index (χ0n) is 9.63. The lowest BCUT2D eigenvalue weighted by Gasteiger charge is -2.35. The molecule has 3 heteroatoms. The van der Waals surface area contributed by atoms with Crippen LogP contribution in [0, 0.1) is 22.7 Å². The summed E-state index contributed by atoms with van der Waals surface area (Å²) in [5.74, 6) is -0.0659. The van der Waals surface area contributed by atoms with Crippen molar-refractivity contribution in [3.63, 3.8) is 0 Å². The number of primary amides is 1. The summed E-state index contributed by atoms with van der Waals surface area (Å²) >= 11 is 0. The third-order valence-corrected chi connectivity index (χ3v) is 2.90. The minimum Gasteiger partial charge on any atom is -0.365 e. The highest BCUT2D eigenvalue weighted by molar-refractivity contribution is 5.96. The maximum Gasteiger partial charge on any atom is 0.259 e. The van der Waals surface area contributed by atoms with E-state index in [1.54, 1.807) is 0 Å². The summed E-state index contributed by atoms with van der Waals surface area (Å²) in [7, 11) is 0. The van der Waals surface area contributed by atoms with Gasteiger partial charge in [0.1, 0.15) is 11.6 Å². The minimum absolute atomic E-state index is 0.171. The normalized spacial score (nSPS) is 28.0. The summed E-state index contributed by atoms with van der Waals surface area (Å²) in [5.41, 5.74) is 6.48. The highest BCUT2D eigenvalue weighted by Gasteiger charge is 2.30. The molecular weight excluding hydrogens is 188 g/mol. The molecule has 0 heterocycles. The molecule has 0 aromatic carbocycles. The molecule has 0 saturated heterocycles. The first kappa shape index (κ1) is 11.8. The van der Waals surface area contributed by atoms with Crippen LogP contribution < -0.4 is 5.73 Å². The summed E-state index contributed by atoms with van der Waals surface area (Å²) in [6.07, 6.45) is 2.77. The maximum absolute atomic E-state index is 11.1. The molecule has 0 spiro atoms. The van der Waals surface area contributed by atoms with Crippen molar-refractivity contribution in [3.05, 3.63) is 11.1 Å². The number of nitrogens with zero attached hydrogens (tertiary/aromatic N) is 1. The molecule has 1 aliphatic rings. The first-order chi connectivity index (χ1) is 6.85. The third-order valence-electron chi connectivity index (χ3n) is 2.90. The van der Waals surface area contributed by atoms with Crippen LogP contribution in [0.2, 0.25) is 0 Å². The van der Waals surface area contributed by atoms with E-state index in [0.29, 0.717) is 5.92 Å². The van der Waals surface area contributed by atoms with Gasteiger partial charge in [-0.3, -0.25) is 4.79 Å². The number of amides is 1. The molecule has 3 nitrogen and oxygen atoms in total. The van der Waals surface area contributed by atoms with E-state index in [1.807, 2.05) is 6.07 Å². The van der Waals surface area contributed by atoms with Crippen LogP contribution >= 0.6 is 0 Å². The number of hydrogen-bond acceptors (Lipinski definition) is 2. The van der Waals surface area contributed by atoms with Gasteiger partial charge in [0.2, 0.25) is 0 Å². The molecule has 1 saturated carbocycles. The average Bonchev–Trinajstić information content (AvgIpc) is 1.99. The molecule has 1 aliphatic carbocycles. The molecule has 0 bridgehead atoms. The molecule has 1 atom stereocenters. The summed E-state index contributed by atoms with van der Waals surface area (Å²) in [6.45, 7) is 6.48. The van der Waals surface area contributed by atoms with Gasteiger partial charge in [0.05, 0.1) is 0 Å². The SMILES string of the molecule is C[C@H]1C/C(=C(/C#N)C(N)=O)CC(C)(C)C1. The number of hydrogen-bond donors (Lipinski definition) is 1. The lowest BCUT2D eigenvalue weighted by atomic mass is 9.69. The largest absolute Gasteiger partial charge is 0.365 e. The Hall–Kier alpha value is -1.30. The van der Waals surface area contributed by atoms with Crippen LogP contribution in [0.3, 0.4) is 0 Å². The van der Waals surface area contributed by atoms with Gasteiger partial charge in [0.15, 0.2) is 0 Å². The van der Waals surface area contributed by atoms with Crippen LogP contribution in [-0.2, 0) is 4.79 Å². The second-order valence-electron chi connectivity index (χ2n) is 5.31. The Bertz CT molecular complexity index is 347. The Morgan fingerprint density at radius 2 is 2.20 bits per heavy atom. The first-order valence-electron chi connectivity index (χ1n) is 5.27. The topological polar surface area (TPSA) is 66.9 Å². The van der Waals surface area contributed by atoms with Crippen LogP contribution in [0.1, 0.15) is 40.0 Å². The smallest absolute Gasteiger partial charge is 0.259 e. The van der Waals surface area contributed by atoms with Gasteiger partial charge in [-0.05, 0) is 36.2 Å². The first-order valence-corrected chi connectivity index (χ1v) is 5.27. The van der Waals surface area contributed by atoms with E-state index < -0.39 is 5.91 Å². The van der Waals surface area contributed by atoms with Gasteiger partial charge in [-0.25, -0.2) is 0 Å². The van der Waals surface area contributed by atoms with Crippen LogP contribution in [0.15, 0.2) is 11.1 Å². The van der Waals surface area contributed by atoms with E-state index in [4.69, 9.17) is 11.0 Å². The van der Waals surface area contributed by atoms with Crippen LogP contribution in [0.25, 0.3) is 0 Å². The Labute approximate surface area is 91.0 Å². The van der Waals surface area contributed by atoms with E-state index in [9.17, 15) is 4.79 Å². The maximum atomic E-state index is 11.1. The predicted octanol–water partition coefficient (Wildman–Crippen LogP) is 2.14. The molecule has 1 amide bonds. The van der Waals surface area contributed by atoms with Crippen molar-refractivity contribution in [2.45, 2.75) is 40.0 Å². The van der Waals surface area contributed by atoms with Gasteiger partial charge in [-0.2, -0.15) is 5.26 Å². The zero-order valence-corrected chi connectivity index (χ0v) is 9.63. The molecule has 0 aliphatic heterocycles. The Morgan fingerprint density at radius 3 is 2.60 bits per heavy atom. The fourth-order valence-corrected chi connectivity index (χ4v) is 2.66. The van der Waals surface area contributed by atoms with Crippen molar-refractivity contribution in [1.29, 1.82) is 5.26 Å². The van der Waals surface area contributed by atoms with Crippen LogP contribution in [0.5, 0.6) is 0 Å². The number of nitrogens with two attached hydrogens (primary N) is 1. The van der Waals surface area contributed by atoms with E-state index >= 15 is 0 Å². The van der Waals surface area contributed by atoms with Crippen molar-refractivity contribution >= 4 is 5.91 Å². The van der Waals surface area contributed by atoms with Gasteiger partial charge in [0.25, 0.3) is 5.91 Å². The Balaban J connectivity index is 3.05. The number of carbonyl (C=O) groups excluding carboxylic acids is 1. The number of nitriles is 1. The highest BCUT2D eigenvalue weighted by Crippen LogP contribution is 2.42. The van der Waals surface area contributed by atoms with Gasteiger partial charge in [-0.1, -0.05) is 20.8 Å². The van der Waals surface area contributed by atoms with Gasteiger partial charge < -0.3 is 5.73 Å².